The second kappa shape index (κ2) is 6.07. The summed E-state index contributed by atoms with van der Waals surface area (Å²) in [6.07, 6.45) is 3.18. The van der Waals surface area contributed by atoms with Gasteiger partial charge in [0.1, 0.15) is 0 Å². The fraction of sp³-hybridized carbons (Fsp3) is 0.455. The number of pyridine rings is 1. The van der Waals surface area contributed by atoms with E-state index < -0.39 is 0 Å². The van der Waals surface area contributed by atoms with Crippen molar-refractivity contribution in [3.8, 4) is 0 Å². The highest BCUT2D eigenvalue weighted by atomic mass is 16.5. The first-order chi connectivity index (χ1) is 7.69. The fourth-order valence-corrected chi connectivity index (χ4v) is 1.39. The fourth-order valence-electron chi connectivity index (χ4n) is 1.39. The van der Waals surface area contributed by atoms with Crippen molar-refractivity contribution in [2.75, 3.05) is 26.1 Å². The summed E-state index contributed by atoms with van der Waals surface area (Å²) in [6.45, 7) is 2.37. The molecule has 0 spiro atoms. The molecule has 1 aromatic rings. The molecular formula is C11H17N3O2. The Morgan fingerprint density at radius 3 is 3.00 bits per heavy atom. The van der Waals surface area contributed by atoms with Crippen molar-refractivity contribution >= 4 is 11.6 Å². The Bertz CT molecular complexity index is 355. The van der Waals surface area contributed by atoms with Gasteiger partial charge in [-0.25, -0.2) is 0 Å². The van der Waals surface area contributed by atoms with Crippen LogP contribution in [0.3, 0.4) is 0 Å². The van der Waals surface area contributed by atoms with Crippen LogP contribution in [0.5, 0.6) is 0 Å². The lowest BCUT2D eigenvalue weighted by molar-refractivity contribution is 0.0906. The van der Waals surface area contributed by atoms with Crippen LogP contribution in [-0.2, 0) is 4.74 Å². The van der Waals surface area contributed by atoms with Gasteiger partial charge in [0.05, 0.1) is 12.2 Å². The zero-order valence-corrected chi connectivity index (χ0v) is 9.78. The number of methoxy groups -OCH3 is 1. The standard InChI is InChI=1S/C11H17N3O2/c1-8(7-16-3)14-11(15)9-6-13-5-4-10(9)12-2/h4-6,8H,7H2,1-3H3,(H,12,13)(H,14,15). The molecule has 0 aromatic carbocycles. The third-order valence-corrected chi connectivity index (χ3v) is 2.13. The molecule has 5 nitrogen and oxygen atoms in total. The van der Waals surface area contributed by atoms with Gasteiger partial charge >= 0.3 is 0 Å². The molecule has 1 aromatic heterocycles. The van der Waals surface area contributed by atoms with Crippen LogP contribution in [0.2, 0.25) is 0 Å². The number of ether oxygens (including phenoxy) is 1. The molecule has 0 aliphatic heterocycles. The first-order valence-electron chi connectivity index (χ1n) is 5.10. The molecule has 0 saturated heterocycles. The van der Waals surface area contributed by atoms with Crippen molar-refractivity contribution in [1.82, 2.24) is 10.3 Å². The molecule has 5 heteroatoms. The minimum Gasteiger partial charge on any atom is -0.387 e. The van der Waals surface area contributed by atoms with Crippen molar-refractivity contribution in [2.24, 2.45) is 0 Å². The Kier molecular flexibility index (Phi) is 4.72. The van der Waals surface area contributed by atoms with E-state index in [1.54, 1.807) is 32.6 Å². The molecule has 0 bridgehead atoms. The van der Waals surface area contributed by atoms with Gasteiger partial charge in [-0.1, -0.05) is 0 Å². The SMILES string of the molecule is CNc1ccncc1C(=O)NC(C)COC. The monoisotopic (exact) mass is 223 g/mol. The van der Waals surface area contributed by atoms with Crippen molar-refractivity contribution in [3.05, 3.63) is 24.0 Å². The van der Waals surface area contributed by atoms with Gasteiger partial charge in [-0.05, 0) is 13.0 Å². The maximum atomic E-state index is 11.9. The molecule has 0 fully saturated rings. The van der Waals surface area contributed by atoms with E-state index in [1.165, 1.54) is 0 Å². The van der Waals surface area contributed by atoms with E-state index >= 15 is 0 Å². The Hall–Kier alpha value is -1.62. The summed E-state index contributed by atoms with van der Waals surface area (Å²) in [5.74, 6) is -0.151. The maximum Gasteiger partial charge on any atom is 0.255 e. The zero-order valence-electron chi connectivity index (χ0n) is 9.78. The summed E-state index contributed by atoms with van der Waals surface area (Å²) < 4.78 is 4.95. The molecule has 1 heterocycles. The number of carbonyl (C=O) groups excluding carboxylic acids is 1. The number of aromatic nitrogens is 1. The number of amides is 1. The third-order valence-electron chi connectivity index (χ3n) is 2.13. The highest BCUT2D eigenvalue weighted by Crippen LogP contribution is 2.12. The number of nitrogens with one attached hydrogen (secondary N) is 2. The lowest BCUT2D eigenvalue weighted by Gasteiger charge is -2.14. The molecule has 1 atom stereocenters. The Labute approximate surface area is 95.2 Å². The minimum absolute atomic E-state index is 0.0255. The molecule has 0 aliphatic carbocycles. The normalized spacial score (nSPS) is 11.9. The molecule has 88 valence electrons. The summed E-state index contributed by atoms with van der Waals surface area (Å²) >= 11 is 0. The van der Waals surface area contributed by atoms with E-state index in [0.29, 0.717) is 12.2 Å². The number of hydrogen-bond acceptors (Lipinski definition) is 4. The van der Waals surface area contributed by atoms with E-state index in [0.717, 1.165) is 5.69 Å². The lowest BCUT2D eigenvalue weighted by Crippen LogP contribution is -2.35. The molecule has 0 aliphatic rings. The Morgan fingerprint density at radius 1 is 1.62 bits per heavy atom. The van der Waals surface area contributed by atoms with Crippen LogP contribution in [0.1, 0.15) is 17.3 Å². The van der Waals surface area contributed by atoms with Gasteiger partial charge in [-0.15, -0.1) is 0 Å². The van der Waals surface area contributed by atoms with E-state index in [1.807, 2.05) is 6.92 Å². The molecule has 1 rings (SSSR count). The summed E-state index contributed by atoms with van der Waals surface area (Å²) in [5.41, 5.74) is 1.30. The third kappa shape index (κ3) is 3.20. The molecule has 0 saturated carbocycles. The maximum absolute atomic E-state index is 11.9. The second-order valence-electron chi connectivity index (χ2n) is 3.50. The average molecular weight is 223 g/mol. The average Bonchev–Trinajstić information content (AvgIpc) is 2.29. The van der Waals surface area contributed by atoms with E-state index in [4.69, 9.17) is 4.74 Å². The van der Waals surface area contributed by atoms with Gasteiger partial charge in [0.25, 0.3) is 5.91 Å². The van der Waals surface area contributed by atoms with Gasteiger partial charge < -0.3 is 15.4 Å². The molecule has 1 amide bonds. The van der Waals surface area contributed by atoms with Crippen LogP contribution in [0, 0.1) is 0 Å². The summed E-state index contributed by atoms with van der Waals surface area (Å²) in [5, 5.41) is 5.78. The molecule has 0 radical (unpaired) electrons. The number of carbonyl (C=O) groups is 1. The zero-order chi connectivity index (χ0) is 12.0. The molecule has 16 heavy (non-hydrogen) atoms. The van der Waals surface area contributed by atoms with Gasteiger partial charge in [0, 0.05) is 38.3 Å². The van der Waals surface area contributed by atoms with E-state index in [2.05, 4.69) is 15.6 Å². The molecule has 2 N–H and O–H groups in total. The summed E-state index contributed by atoms with van der Waals surface area (Å²) in [4.78, 5) is 15.8. The predicted molar refractivity (Wildman–Crippen MR) is 62.6 cm³/mol. The Balaban J connectivity index is 2.72. The van der Waals surface area contributed by atoms with Gasteiger partial charge in [-0.2, -0.15) is 0 Å². The summed E-state index contributed by atoms with van der Waals surface area (Å²) in [7, 11) is 3.37. The van der Waals surface area contributed by atoms with Crippen LogP contribution < -0.4 is 10.6 Å². The topological polar surface area (TPSA) is 63.2 Å². The predicted octanol–water partition coefficient (Wildman–Crippen LogP) is 0.888. The smallest absolute Gasteiger partial charge is 0.255 e. The molecular weight excluding hydrogens is 206 g/mol. The molecule has 1 unspecified atom stereocenters. The second-order valence-corrected chi connectivity index (χ2v) is 3.50. The summed E-state index contributed by atoms with van der Waals surface area (Å²) in [6, 6.07) is 1.73. The van der Waals surface area contributed by atoms with Crippen LogP contribution in [0.25, 0.3) is 0 Å². The van der Waals surface area contributed by atoms with Crippen molar-refractivity contribution in [2.45, 2.75) is 13.0 Å². The van der Waals surface area contributed by atoms with Gasteiger partial charge in [-0.3, -0.25) is 9.78 Å². The van der Waals surface area contributed by atoms with Crippen molar-refractivity contribution in [1.29, 1.82) is 0 Å². The van der Waals surface area contributed by atoms with Crippen molar-refractivity contribution in [3.63, 3.8) is 0 Å². The highest BCUT2D eigenvalue weighted by molar-refractivity contribution is 5.99. The van der Waals surface area contributed by atoms with Crippen LogP contribution in [0.4, 0.5) is 5.69 Å². The Morgan fingerprint density at radius 2 is 2.38 bits per heavy atom. The number of rotatable bonds is 5. The van der Waals surface area contributed by atoms with Crippen LogP contribution in [-0.4, -0.2) is 37.7 Å². The van der Waals surface area contributed by atoms with Gasteiger partial charge in [0.2, 0.25) is 0 Å². The lowest BCUT2D eigenvalue weighted by atomic mass is 10.2. The first-order valence-corrected chi connectivity index (χ1v) is 5.10. The quantitative estimate of drug-likeness (QED) is 0.778. The number of hydrogen-bond donors (Lipinski definition) is 2. The van der Waals surface area contributed by atoms with Crippen LogP contribution >= 0.6 is 0 Å². The first kappa shape index (κ1) is 12.4. The van der Waals surface area contributed by atoms with Gasteiger partial charge in [0.15, 0.2) is 0 Å². The van der Waals surface area contributed by atoms with E-state index in [-0.39, 0.29) is 11.9 Å². The number of nitrogens with zero attached hydrogens (tertiary/aromatic N) is 1. The van der Waals surface area contributed by atoms with Crippen LogP contribution in [0.15, 0.2) is 18.5 Å². The van der Waals surface area contributed by atoms with Crippen molar-refractivity contribution < 1.29 is 9.53 Å². The minimum atomic E-state index is -0.151. The number of anilines is 1. The largest absolute Gasteiger partial charge is 0.387 e. The highest BCUT2D eigenvalue weighted by Gasteiger charge is 2.12. The van der Waals surface area contributed by atoms with E-state index in [9.17, 15) is 4.79 Å².